The first kappa shape index (κ1) is 16.2. The van der Waals surface area contributed by atoms with Crippen LogP contribution in [0.5, 0.6) is 5.75 Å². The van der Waals surface area contributed by atoms with E-state index in [0.717, 1.165) is 12.8 Å². The van der Waals surface area contributed by atoms with Gasteiger partial charge < -0.3 is 10.1 Å². The summed E-state index contributed by atoms with van der Waals surface area (Å²) < 4.78 is 5.50. The highest BCUT2D eigenvalue weighted by molar-refractivity contribution is 6.43. The molecule has 0 unspecified atom stereocenters. The van der Waals surface area contributed by atoms with Gasteiger partial charge in [0.2, 0.25) is 5.91 Å². The molecule has 6 heteroatoms. The van der Waals surface area contributed by atoms with Crippen LogP contribution >= 0.6 is 34.8 Å². The van der Waals surface area contributed by atoms with Gasteiger partial charge in [-0.05, 0) is 25.0 Å². The lowest BCUT2D eigenvalue weighted by molar-refractivity contribution is -0.116. The maximum atomic E-state index is 10.9. The van der Waals surface area contributed by atoms with E-state index in [1.54, 1.807) is 12.1 Å². The number of rotatable bonds is 7. The summed E-state index contributed by atoms with van der Waals surface area (Å²) in [6.45, 7) is 4.44. The van der Waals surface area contributed by atoms with Crippen molar-refractivity contribution in [3.8, 4) is 5.75 Å². The molecule has 3 nitrogen and oxygen atoms in total. The van der Waals surface area contributed by atoms with Gasteiger partial charge in [-0.1, -0.05) is 41.4 Å². The smallest absolute Gasteiger partial charge is 0.243 e. The highest BCUT2D eigenvalue weighted by Gasteiger charge is 2.06. The van der Waals surface area contributed by atoms with Crippen LogP contribution in [0.1, 0.15) is 12.8 Å². The van der Waals surface area contributed by atoms with Gasteiger partial charge >= 0.3 is 0 Å². The number of benzene rings is 1. The zero-order valence-corrected chi connectivity index (χ0v) is 12.5. The molecule has 0 atom stereocenters. The first-order valence-electron chi connectivity index (χ1n) is 5.72. The van der Waals surface area contributed by atoms with E-state index in [4.69, 9.17) is 39.5 Å². The second-order valence-corrected chi connectivity index (χ2v) is 4.97. The van der Waals surface area contributed by atoms with Crippen molar-refractivity contribution in [2.24, 2.45) is 0 Å². The van der Waals surface area contributed by atoms with Crippen LogP contribution in [0.3, 0.4) is 0 Å². The van der Waals surface area contributed by atoms with Crippen molar-refractivity contribution in [2.45, 2.75) is 12.8 Å². The van der Waals surface area contributed by atoms with Crippen molar-refractivity contribution in [1.29, 1.82) is 0 Å². The minimum atomic E-state index is -0.173. The van der Waals surface area contributed by atoms with Crippen LogP contribution < -0.4 is 10.1 Å². The zero-order chi connectivity index (χ0) is 14.3. The molecule has 0 aromatic heterocycles. The van der Waals surface area contributed by atoms with Crippen LogP contribution in [-0.2, 0) is 4.79 Å². The number of hydrogen-bond donors (Lipinski definition) is 1. The summed E-state index contributed by atoms with van der Waals surface area (Å²) >= 11 is 17.6. The Morgan fingerprint density at radius 1 is 1.21 bits per heavy atom. The Hall–Kier alpha value is -0.900. The average Bonchev–Trinajstić information content (AvgIpc) is 2.38. The number of carbonyl (C=O) groups excluding carboxylic acids is 1. The fraction of sp³-hybridized carbons (Fsp3) is 0.308. The van der Waals surface area contributed by atoms with Crippen LogP contribution in [-0.4, -0.2) is 19.1 Å². The second-order valence-electron chi connectivity index (χ2n) is 3.75. The molecule has 1 amide bonds. The number of carbonyl (C=O) groups is 1. The lowest BCUT2D eigenvalue weighted by atomic mass is 10.3. The first-order valence-corrected chi connectivity index (χ1v) is 6.85. The van der Waals surface area contributed by atoms with Gasteiger partial charge in [-0.3, -0.25) is 4.79 Å². The van der Waals surface area contributed by atoms with E-state index in [2.05, 4.69) is 11.9 Å². The summed E-state index contributed by atoms with van der Waals surface area (Å²) in [4.78, 5) is 10.9. The standard InChI is InChI=1S/C13H14Cl3NO2/c1-2-13(18)17-5-3-4-6-19-12-8-10(15)9(14)7-11(12)16/h2,7-8H,1,3-6H2,(H,17,18). The third-order valence-electron chi connectivity index (χ3n) is 2.29. The molecule has 1 rings (SSSR count). The molecule has 1 aromatic rings. The van der Waals surface area contributed by atoms with Crippen molar-refractivity contribution in [1.82, 2.24) is 5.32 Å². The monoisotopic (exact) mass is 321 g/mol. The summed E-state index contributed by atoms with van der Waals surface area (Å²) in [5, 5.41) is 3.90. The molecule has 1 aromatic carbocycles. The Labute approximate surface area is 127 Å². The SMILES string of the molecule is C=CC(=O)NCCCCOc1cc(Cl)c(Cl)cc1Cl. The van der Waals surface area contributed by atoms with Crippen LogP contribution in [0, 0.1) is 0 Å². The van der Waals surface area contributed by atoms with Crippen molar-refractivity contribution in [3.05, 3.63) is 39.9 Å². The topological polar surface area (TPSA) is 38.3 Å². The van der Waals surface area contributed by atoms with Gasteiger partial charge in [0.1, 0.15) is 5.75 Å². The predicted molar refractivity (Wildman–Crippen MR) is 79.4 cm³/mol. The molecule has 0 radical (unpaired) electrons. The molecule has 0 aliphatic heterocycles. The van der Waals surface area contributed by atoms with Crippen LogP contribution in [0.25, 0.3) is 0 Å². The highest BCUT2D eigenvalue weighted by Crippen LogP contribution is 2.33. The molecule has 0 heterocycles. The van der Waals surface area contributed by atoms with E-state index >= 15 is 0 Å². The predicted octanol–water partition coefficient (Wildman–Crippen LogP) is 4.11. The fourth-order valence-electron chi connectivity index (χ4n) is 1.31. The molecular weight excluding hydrogens is 309 g/mol. The number of hydrogen-bond acceptors (Lipinski definition) is 2. The van der Waals surface area contributed by atoms with Crippen molar-refractivity contribution >= 4 is 40.7 Å². The molecule has 1 N–H and O–H groups in total. The highest BCUT2D eigenvalue weighted by atomic mass is 35.5. The molecule has 0 fully saturated rings. The largest absolute Gasteiger partial charge is 0.492 e. The summed E-state index contributed by atoms with van der Waals surface area (Å²) in [6.07, 6.45) is 2.83. The minimum Gasteiger partial charge on any atom is -0.492 e. The molecule has 0 saturated carbocycles. The van der Waals surface area contributed by atoms with E-state index in [9.17, 15) is 4.79 Å². The summed E-state index contributed by atoms with van der Waals surface area (Å²) in [5.74, 6) is 0.333. The van der Waals surface area contributed by atoms with E-state index in [1.165, 1.54) is 6.08 Å². The Bertz CT molecular complexity index is 463. The molecule has 0 aliphatic carbocycles. The van der Waals surface area contributed by atoms with E-state index in [-0.39, 0.29) is 5.91 Å². The number of amides is 1. The van der Waals surface area contributed by atoms with Gasteiger partial charge in [-0.2, -0.15) is 0 Å². The number of halogens is 3. The van der Waals surface area contributed by atoms with Gasteiger partial charge in [-0.15, -0.1) is 0 Å². The van der Waals surface area contributed by atoms with Gasteiger partial charge in [-0.25, -0.2) is 0 Å². The molecule has 0 aliphatic rings. The molecule has 19 heavy (non-hydrogen) atoms. The van der Waals surface area contributed by atoms with Gasteiger partial charge in [0.05, 0.1) is 21.7 Å². The quantitative estimate of drug-likeness (QED) is 0.466. The molecule has 0 saturated heterocycles. The third kappa shape index (κ3) is 5.72. The summed E-state index contributed by atoms with van der Waals surface area (Å²) in [6, 6.07) is 3.14. The van der Waals surface area contributed by atoms with E-state index < -0.39 is 0 Å². The Kier molecular flexibility index (Phi) is 7.06. The Morgan fingerprint density at radius 3 is 2.58 bits per heavy atom. The van der Waals surface area contributed by atoms with Gasteiger partial charge in [0.25, 0.3) is 0 Å². The minimum absolute atomic E-state index is 0.173. The first-order chi connectivity index (χ1) is 9.04. The molecule has 104 valence electrons. The number of nitrogens with one attached hydrogen (secondary N) is 1. The Morgan fingerprint density at radius 2 is 1.89 bits per heavy atom. The van der Waals surface area contributed by atoms with Crippen molar-refractivity contribution < 1.29 is 9.53 Å². The normalized spacial score (nSPS) is 10.1. The lowest BCUT2D eigenvalue weighted by Crippen LogP contribution is -2.22. The Balaban J connectivity index is 2.28. The molecule has 0 spiro atoms. The molecular formula is C13H14Cl3NO2. The summed E-state index contributed by atoms with van der Waals surface area (Å²) in [5.41, 5.74) is 0. The van der Waals surface area contributed by atoms with Crippen molar-refractivity contribution in [2.75, 3.05) is 13.2 Å². The van der Waals surface area contributed by atoms with Gasteiger partial charge in [0.15, 0.2) is 0 Å². The maximum Gasteiger partial charge on any atom is 0.243 e. The zero-order valence-electron chi connectivity index (χ0n) is 10.2. The average molecular weight is 323 g/mol. The second kappa shape index (κ2) is 8.31. The molecule has 0 bridgehead atoms. The number of unbranched alkanes of at least 4 members (excludes halogenated alkanes) is 1. The lowest BCUT2D eigenvalue weighted by Gasteiger charge is -2.09. The number of ether oxygens (including phenoxy) is 1. The third-order valence-corrected chi connectivity index (χ3v) is 3.31. The van der Waals surface area contributed by atoms with Crippen LogP contribution in [0.2, 0.25) is 15.1 Å². The van der Waals surface area contributed by atoms with Crippen LogP contribution in [0.4, 0.5) is 0 Å². The van der Waals surface area contributed by atoms with Gasteiger partial charge in [0, 0.05) is 12.6 Å². The van der Waals surface area contributed by atoms with Crippen LogP contribution in [0.15, 0.2) is 24.8 Å². The van der Waals surface area contributed by atoms with Crippen molar-refractivity contribution in [3.63, 3.8) is 0 Å². The maximum absolute atomic E-state index is 10.9. The van der Waals surface area contributed by atoms with E-state index in [0.29, 0.717) is 34.0 Å². The van der Waals surface area contributed by atoms with E-state index in [1.807, 2.05) is 0 Å². The fourth-order valence-corrected chi connectivity index (χ4v) is 1.90. The summed E-state index contributed by atoms with van der Waals surface area (Å²) in [7, 11) is 0.